The Morgan fingerprint density at radius 3 is 2.62 bits per heavy atom. The van der Waals surface area contributed by atoms with Crippen LogP contribution in [0.2, 0.25) is 0 Å². The number of benzene rings is 1. The lowest BCUT2D eigenvalue weighted by atomic mass is 10.2. The van der Waals surface area contributed by atoms with Crippen LogP contribution in [0.5, 0.6) is 0 Å². The molecule has 0 aliphatic rings. The predicted octanol–water partition coefficient (Wildman–Crippen LogP) is 1.18. The van der Waals surface area contributed by atoms with Crippen molar-refractivity contribution in [2.24, 2.45) is 0 Å². The molecule has 2 amide bonds. The van der Waals surface area contributed by atoms with E-state index in [0.717, 1.165) is 0 Å². The molecule has 0 atom stereocenters. The molecule has 0 aliphatic heterocycles. The van der Waals surface area contributed by atoms with Gasteiger partial charge in [0.2, 0.25) is 11.7 Å². The van der Waals surface area contributed by atoms with E-state index < -0.39 is 16.6 Å². The third kappa shape index (κ3) is 5.10. The molecule has 2 aromatic rings. The third-order valence-corrected chi connectivity index (χ3v) is 3.58. The van der Waals surface area contributed by atoms with Crippen LogP contribution in [0, 0.1) is 22.9 Å². The Bertz CT molecular complexity index is 821. The van der Waals surface area contributed by atoms with Crippen LogP contribution in [-0.4, -0.2) is 39.4 Å². The summed E-state index contributed by atoms with van der Waals surface area (Å²) in [5.41, 5.74) is -0.0593. The first-order valence-electron chi connectivity index (χ1n) is 7.86. The van der Waals surface area contributed by atoms with Crippen molar-refractivity contribution < 1.29 is 18.9 Å². The van der Waals surface area contributed by atoms with Crippen molar-refractivity contribution >= 4 is 17.6 Å². The van der Waals surface area contributed by atoms with Crippen LogP contribution in [-0.2, 0) is 11.3 Å². The number of nitrogens with one attached hydrogen (secondary N) is 2. The summed E-state index contributed by atoms with van der Waals surface area (Å²) in [6.45, 7) is 2.19. The number of nitro groups is 1. The zero-order chi connectivity index (χ0) is 19.1. The Kier molecular flexibility index (Phi) is 6.36. The quantitative estimate of drug-likeness (QED) is 0.415. The standard InChI is InChI=1S/C16H18FN5O4/c1-11-20-14(22(25)26)10-21(11)9-6-15(23)18-7-8-19-16(24)12-4-2-3-5-13(12)17/h2-5,10H,6-9H2,1H3,(H,18,23)(H,19,24). The molecular formula is C16H18FN5O4. The number of hydrogen-bond acceptors (Lipinski definition) is 5. The fourth-order valence-electron chi connectivity index (χ4n) is 2.23. The topological polar surface area (TPSA) is 119 Å². The van der Waals surface area contributed by atoms with Crippen molar-refractivity contribution in [2.45, 2.75) is 19.9 Å². The number of imidazole rings is 1. The maximum absolute atomic E-state index is 13.4. The van der Waals surface area contributed by atoms with Gasteiger partial charge in [0.25, 0.3) is 5.91 Å². The van der Waals surface area contributed by atoms with Gasteiger partial charge in [-0.05, 0) is 22.0 Å². The highest BCUT2D eigenvalue weighted by Crippen LogP contribution is 2.10. The third-order valence-electron chi connectivity index (χ3n) is 3.58. The first kappa shape index (κ1) is 19.0. The summed E-state index contributed by atoms with van der Waals surface area (Å²) >= 11 is 0. The van der Waals surface area contributed by atoms with Crippen LogP contribution < -0.4 is 10.6 Å². The largest absolute Gasteiger partial charge is 0.381 e. The maximum Gasteiger partial charge on any atom is 0.381 e. The molecule has 0 radical (unpaired) electrons. The second-order valence-corrected chi connectivity index (χ2v) is 5.43. The Labute approximate surface area is 148 Å². The van der Waals surface area contributed by atoms with E-state index in [1.54, 1.807) is 13.0 Å². The van der Waals surface area contributed by atoms with Crippen LogP contribution in [0.15, 0.2) is 30.5 Å². The minimum Gasteiger partial charge on any atom is -0.358 e. The molecule has 10 heteroatoms. The van der Waals surface area contributed by atoms with Gasteiger partial charge in [-0.2, -0.15) is 0 Å². The van der Waals surface area contributed by atoms with Crippen molar-refractivity contribution in [1.29, 1.82) is 0 Å². The van der Waals surface area contributed by atoms with Gasteiger partial charge in [-0.25, -0.2) is 4.39 Å². The number of carbonyl (C=O) groups excluding carboxylic acids is 2. The normalized spacial score (nSPS) is 10.4. The van der Waals surface area contributed by atoms with E-state index >= 15 is 0 Å². The Hall–Kier alpha value is -3.30. The second kappa shape index (κ2) is 8.70. The van der Waals surface area contributed by atoms with E-state index in [1.807, 2.05) is 0 Å². The molecule has 0 fully saturated rings. The van der Waals surface area contributed by atoms with Gasteiger partial charge in [0.1, 0.15) is 12.0 Å². The highest BCUT2D eigenvalue weighted by molar-refractivity contribution is 5.94. The minimum atomic E-state index is -0.612. The van der Waals surface area contributed by atoms with Gasteiger partial charge in [-0.15, -0.1) is 0 Å². The van der Waals surface area contributed by atoms with Crippen molar-refractivity contribution in [1.82, 2.24) is 20.2 Å². The number of aryl methyl sites for hydroxylation is 2. The summed E-state index contributed by atoms with van der Waals surface area (Å²) in [5, 5.41) is 15.8. The SMILES string of the molecule is Cc1nc([N+](=O)[O-])cn1CCC(=O)NCCNC(=O)c1ccccc1F. The van der Waals surface area contributed by atoms with Gasteiger partial charge in [0.05, 0.1) is 5.56 Å². The van der Waals surface area contributed by atoms with Crippen LogP contribution in [0.25, 0.3) is 0 Å². The van der Waals surface area contributed by atoms with Crippen molar-refractivity contribution in [3.63, 3.8) is 0 Å². The smallest absolute Gasteiger partial charge is 0.358 e. The maximum atomic E-state index is 13.4. The Morgan fingerprint density at radius 1 is 1.27 bits per heavy atom. The van der Waals surface area contributed by atoms with Gasteiger partial charge in [0.15, 0.2) is 0 Å². The van der Waals surface area contributed by atoms with Crippen LogP contribution in [0.3, 0.4) is 0 Å². The molecular weight excluding hydrogens is 345 g/mol. The molecule has 26 heavy (non-hydrogen) atoms. The average Bonchev–Trinajstić information content (AvgIpc) is 2.98. The van der Waals surface area contributed by atoms with Gasteiger partial charge in [-0.1, -0.05) is 12.1 Å². The number of rotatable bonds is 8. The van der Waals surface area contributed by atoms with E-state index in [0.29, 0.717) is 5.82 Å². The van der Waals surface area contributed by atoms with Crippen molar-refractivity contribution in [3.05, 3.63) is 57.8 Å². The zero-order valence-electron chi connectivity index (χ0n) is 14.1. The van der Waals surface area contributed by atoms with Gasteiger partial charge in [0, 0.05) is 33.0 Å². The highest BCUT2D eigenvalue weighted by Gasteiger charge is 2.15. The molecule has 1 heterocycles. The van der Waals surface area contributed by atoms with E-state index in [9.17, 15) is 24.1 Å². The van der Waals surface area contributed by atoms with E-state index in [2.05, 4.69) is 15.6 Å². The second-order valence-electron chi connectivity index (χ2n) is 5.43. The van der Waals surface area contributed by atoms with Crippen LogP contribution in [0.1, 0.15) is 22.6 Å². The summed E-state index contributed by atoms with van der Waals surface area (Å²) in [4.78, 5) is 37.4. The first-order chi connectivity index (χ1) is 12.4. The van der Waals surface area contributed by atoms with Gasteiger partial charge >= 0.3 is 5.82 Å². The van der Waals surface area contributed by atoms with Crippen LogP contribution in [0.4, 0.5) is 10.2 Å². The van der Waals surface area contributed by atoms with E-state index in [-0.39, 0.29) is 43.3 Å². The lowest BCUT2D eigenvalue weighted by Gasteiger charge is -2.08. The number of carbonyl (C=O) groups is 2. The molecule has 0 bridgehead atoms. The van der Waals surface area contributed by atoms with Gasteiger partial charge in [-0.3, -0.25) is 9.59 Å². The molecule has 9 nitrogen and oxygen atoms in total. The molecule has 1 aromatic heterocycles. The molecule has 138 valence electrons. The summed E-state index contributed by atoms with van der Waals surface area (Å²) in [7, 11) is 0. The Morgan fingerprint density at radius 2 is 1.96 bits per heavy atom. The molecule has 0 saturated heterocycles. The van der Waals surface area contributed by atoms with E-state index in [1.165, 1.54) is 29.0 Å². The number of hydrogen-bond donors (Lipinski definition) is 2. The lowest BCUT2D eigenvalue weighted by molar-refractivity contribution is -0.389. The predicted molar refractivity (Wildman–Crippen MR) is 90.0 cm³/mol. The minimum absolute atomic E-state index is 0.0593. The van der Waals surface area contributed by atoms with Gasteiger partial charge < -0.3 is 25.3 Å². The molecule has 0 saturated carbocycles. The summed E-state index contributed by atoms with van der Waals surface area (Å²) in [5.74, 6) is -1.26. The van der Waals surface area contributed by atoms with Crippen molar-refractivity contribution in [3.8, 4) is 0 Å². The van der Waals surface area contributed by atoms with Crippen molar-refractivity contribution in [2.75, 3.05) is 13.1 Å². The summed E-state index contributed by atoms with van der Waals surface area (Å²) < 4.78 is 15.0. The molecule has 0 spiro atoms. The van der Waals surface area contributed by atoms with Crippen LogP contribution >= 0.6 is 0 Å². The Balaban J connectivity index is 1.70. The molecule has 0 aliphatic carbocycles. The first-order valence-corrected chi connectivity index (χ1v) is 7.86. The fraction of sp³-hybridized carbons (Fsp3) is 0.312. The monoisotopic (exact) mass is 363 g/mol. The average molecular weight is 363 g/mol. The summed E-state index contributed by atoms with van der Waals surface area (Å²) in [6.07, 6.45) is 1.38. The molecule has 1 aromatic carbocycles. The molecule has 2 rings (SSSR count). The fourth-order valence-corrected chi connectivity index (χ4v) is 2.23. The number of nitrogens with zero attached hydrogens (tertiary/aromatic N) is 3. The number of halogens is 1. The molecule has 0 unspecified atom stereocenters. The number of amides is 2. The number of aromatic nitrogens is 2. The van der Waals surface area contributed by atoms with E-state index in [4.69, 9.17) is 0 Å². The lowest BCUT2D eigenvalue weighted by Crippen LogP contribution is -2.35. The zero-order valence-corrected chi connectivity index (χ0v) is 14.1. The molecule has 2 N–H and O–H groups in total. The highest BCUT2D eigenvalue weighted by atomic mass is 19.1. The summed E-state index contributed by atoms with van der Waals surface area (Å²) in [6, 6.07) is 5.61.